The first-order chi connectivity index (χ1) is 16.5. The molecule has 0 aromatic heterocycles. The van der Waals surface area contributed by atoms with E-state index < -0.39 is 5.82 Å². The Morgan fingerprint density at radius 3 is 2.38 bits per heavy atom. The van der Waals surface area contributed by atoms with Gasteiger partial charge in [0.2, 0.25) is 0 Å². The van der Waals surface area contributed by atoms with Crippen molar-refractivity contribution in [3.63, 3.8) is 0 Å². The molecule has 172 valence electrons. The van der Waals surface area contributed by atoms with Crippen molar-refractivity contribution in [3.8, 4) is 11.5 Å². The number of ether oxygens (including phenoxy) is 2. The lowest BCUT2D eigenvalue weighted by Gasteiger charge is -2.17. The zero-order valence-corrected chi connectivity index (χ0v) is 19.3. The van der Waals surface area contributed by atoms with Crippen molar-refractivity contribution in [2.24, 2.45) is 4.99 Å². The maximum Gasteiger partial charge on any atom is 0.283 e. The van der Waals surface area contributed by atoms with Gasteiger partial charge in [0.05, 0.1) is 25.7 Å². The Hall–Kier alpha value is -3.91. The molecule has 0 atom stereocenters. The molecule has 0 bridgehead atoms. The van der Waals surface area contributed by atoms with Gasteiger partial charge in [0, 0.05) is 5.56 Å². The maximum atomic E-state index is 13.5. The van der Waals surface area contributed by atoms with Gasteiger partial charge in [-0.05, 0) is 54.1 Å². The number of rotatable bonds is 7. The summed E-state index contributed by atoms with van der Waals surface area (Å²) in [7, 11) is 3.02. The van der Waals surface area contributed by atoms with Crippen molar-refractivity contribution in [2.45, 2.75) is 0 Å². The molecule has 6 nitrogen and oxygen atoms in total. The Labute approximate surface area is 200 Å². The van der Waals surface area contributed by atoms with Crippen LogP contribution in [-0.2, 0) is 4.79 Å². The minimum Gasteiger partial charge on any atom is -0.493 e. The Bertz CT molecular complexity index is 1270. The third-order valence-electron chi connectivity index (χ3n) is 5.06. The first-order valence-electron chi connectivity index (χ1n) is 10.3. The number of amides is 1. The monoisotopic (exact) mass is 476 g/mol. The van der Waals surface area contributed by atoms with Crippen LogP contribution in [0.4, 0.5) is 10.1 Å². The van der Waals surface area contributed by atoms with E-state index in [0.717, 1.165) is 17.3 Å². The number of hydrogen-bond acceptors (Lipinski definition) is 6. The summed E-state index contributed by atoms with van der Waals surface area (Å²) in [5, 5.41) is 0.340. The van der Waals surface area contributed by atoms with E-state index in [1.165, 1.54) is 43.4 Å². The highest BCUT2D eigenvalue weighted by atomic mass is 32.2. The average Bonchev–Trinajstić information content (AvgIpc) is 3.17. The van der Waals surface area contributed by atoms with Crippen molar-refractivity contribution in [1.29, 1.82) is 0 Å². The van der Waals surface area contributed by atoms with Gasteiger partial charge < -0.3 is 9.47 Å². The fourth-order valence-corrected chi connectivity index (χ4v) is 4.25. The zero-order chi connectivity index (χ0) is 24.1. The highest BCUT2D eigenvalue weighted by Gasteiger charge is 2.32. The average molecular weight is 477 g/mol. The van der Waals surface area contributed by atoms with Crippen molar-refractivity contribution >= 4 is 40.4 Å². The van der Waals surface area contributed by atoms with Gasteiger partial charge in [-0.1, -0.05) is 42.1 Å². The van der Waals surface area contributed by atoms with E-state index in [9.17, 15) is 14.0 Å². The fraction of sp³-hybridized carbons (Fsp3) is 0.115. The van der Waals surface area contributed by atoms with E-state index in [1.54, 1.807) is 24.3 Å². The number of benzene rings is 3. The molecule has 34 heavy (non-hydrogen) atoms. The van der Waals surface area contributed by atoms with Crippen LogP contribution in [0.2, 0.25) is 0 Å². The van der Waals surface area contributed by atoms with E-state index in [-0.39, 0.29) is 23.1 Å². The fourth-order valence-electron chi connectivity index (χ4n) is 3.34. The van der Waals surface area contributed by atoms with Gasteiger partial charge in [-0.25, -0.2) is 9.38 Å². The molecule has 0 N–H and O–H groups in total. The van der Waals surface area contributed by atoms with Gasteiger partial charge >= 0.3 is 0 Å². The molecule has 1 amide bonds. The number of methoxy groups -OCH3 is 2. The maximum absolute atomic E-state index is 13.5. The molecule has 0 saturated carbocycles. The van der Waals surface area contributed by atoms with E-state index in [4.69, 9.17) is 9.47 Å². The number of hydrogen-bond donors (Lipinski definition) is 0. The molecular formula is C26H21FN2O4S. The van der Waals surface area contributed by atoms with Crippen LogP contribution in [0.5, 0.6) is 11.5 Å². The molecule has 0 unspecified atom stereocenters. The van der Waals surface area contributed by atoms with Crippen LogP contribution in [0.25, 0.3) is 6.08 Å². The summed E-state index contributed by atoms with van der Waals surface area (Å²) in [6.45, 7) is 0. The quantitative estimate of drug-likeness (QED) is 0.346. The molecule has 0 fully saturated rings. The van der Waals surface area contributed by atoms with Crippen molar-refractivity contribution in [2.75, 3.05) is 24.9 Å². The number of nitrogens with zero attached hydrogens (tertiary/aromatic N) is 2. The number of Topliss-reactive ketones (excluding diaryl/α,β-unsaturated/α-hetero) is 1. The second kappa shape index (κ2) is 10.4. The standard InChI is InChI=1S/C26H21FN2O4S/c1-32-23-13-8-18(15-24(23)33-2)22(30)16-34-26-28-21(14-17-6-4-3-5-7-17)25(31)29(26)20-11-9-19(27)10-12-20/h3-15H,16H2,1-2H3/b21-14-. The van der Waals surface area contributed by atoms with Crippen LogP contribution in [0, 0.1) is 5.82 Å². The lowest BCUT2D eigenvalue weighted by atomic mass is 10.1. The number of aliphatic imine (C=N–C) groups is 1. The van der Waals surface area contributed by atoms with E-state index in [2.05, 4.69) is 4.99 Å². The zero-order valence-electron chi connectivity index (χ0n) is 18.5. The normalized spacial score (nSPS) is 14.3. The lowest BCUT2D eigenvalue weighted by Crippen LogP contribution is -2.30. The van der Waals surface area contributed by atoms with Gasteiger partial charge in [-0.15, -0.1) is 0 Å². The molecule has 0 aliphatic carbocycles. The number of ketones is 1. The second-order valence-electron chi connectivity index (χ2n) is 7.23. The van der Waals surface area contributed by atoms with E-state index in [0.29, 0.717) is 27.9 Å². The third kappa shape index (κ3) is 5.02. The summed E-state index contributed by atoms with van der Waals surface area (Å²) in [6, 6.07) is 19.8. The van der Waals surface area contributed by atoms with Crippen LogP contribution < -0.4 is 14.4 Å². The predicted octanol–water partition coefficient (Wildman–Crippen LogP) is 5.20. The Morgan fingerprint density at radius 2 is 1.71 bits per heavy atom. The molecule has 3 aromatic rings. The molecule has 0 saturated heterocycles. The topological polar surface area (TPSA) is 68.2 Å². The molecule has 8 heteroatoms. The summed E-state index contributed by atoms with van der Waals surface area (Å²) in [6.07, 6.45) is 1.68. The number of amidine groups is 1. The van der Waals surface area contributed by atoms with Crippen molar-refractivity contribution in [3.05, 3.63) is 95.4 Å². The van der Waals surface area contributed by atoms with E-state index in [1.807, 2.05) is 30.3 Å². The minimum atomic E-state index is -0.412. The third-order valence-corrected chi connectivity index (χ3v) is 5.99. The Balaban J connectivity index is 1.60. The van der Waals surface area contributed by atoms with Gasteiger partial charge in [0.15, 0.2) is 22.4 Å². The van der Waals surface area contributed by atoms with Crippen LogP contribution in [-0.4, -0.2) is 36.8 Å². The number of thioether (sulfide) groups is 1. The van der Waals surface area contributed by atoms with Crippen molar-refractivity contribution < 1.29 is 23.5 Å². The Kier molecular flexibility index (Phi) is 7.08. The summed E-state index contributed by atoms with van der Waals surface area (Å²) in [4.78, 5) is 32.0. The smallest absolute Gasteiger partial charge is 0.283 e. The van der Waals surface area contributed by atoms with Gasteiger partial charge in [0.1, 0.15) is 11.5 Å². The molecule has 1 aliphatic heterocycles. The summed E-state index contributed by atoms with van der Waals surface area (Å²) in [5.74, 6) is 0.0866. The SMILES string of the molecule is COc1ccc(C(=O)CSC2=N/C(=C\c3ccccc3)C(=O)N2c2ccc(F)cc2)cc1OC. The van der Waals surface area contributed by atoms with Crippen molar-refractivity contribution in [1.82, 2.24) is 0 Å². The minimum absolute atomic E-state index is 0.0396. The number of anilines is 1. The predicted molar refractivity (Wildman–Crippen MR) is 132 cm³/mol. The molecule has 0 radical (unpaired) electrons. The van der Waals surface area contributed by atoms with Gasteiger partial charge in [-0.3, -0.25) is 14.5 Å². The summed E-state index contributed by atoms with van der Waals surface area (Å²) < 4.78 is 24.0. The van der Waals surface area contributed by atoms with Crippen LogP contribution >= 0.6 is 11.8 Å². The first-order valence-corrected chi connectivity index (χ1v) is 11.3. The first kappa shape index (κ1) is 23.3. The molecular weight excluding hydrogens is 455 g/mol. The molecule has 1 heterocycles. The highest BCUT2D eigenvalue weighted by Crippen LogP contribution is 2.31. The molecule has 4 rings (SSSR count). The summed E-state index contributed by atoms with van der Waals surface area (Å²) >= 11 is 1.13. The van der Waals surface area contributed by atoms with Crippen LogP contribution in [0.3, 0.4) is 0 Å². The second-order valence-corrected chi connectivity index (χ2v) is 8.18. The van der Waals surface area contributed by atoms with Gasteiger partial charge in [-0.2, -0.15) is 0 Å². The molecule has 0 spiro atoms. The largest absolute Gasteiger partial charge is 0.493 e. The lowest BCUT2D eigenvalue weighted by molar-refractivity contribution is -0.113. The highest BCUT2D eigenvalue weighted by molar-refractivity contribution is 8.14. The molecule has 1 aliphatic rings. The number of carbonyl (C=O) groups is 2. The van der Waals surface area contributed by atoms with Crippen LogP contribution in [0.1, 0.15) is 15.9 Å². The number of halogens is 1. The van der Waals surface area contributed by atoms with E-state index >= 15 is 0 Å². The summed E-state index contributed by atoms with van der Waals surface area (Å²) in [5.41, 5.74) is 1.97. The number of carbonyl (C=O) groups excluding carboxylic acids is 2. The van der Waals surface area contributed by atoms with Crippen LogP contribution in [0.15, 0.2) is 83.5 Å². The Morgan fingerprint density at radius 1 is 1.00 bits per heavy atom. The molecule has 3 aromatic carbocycles. The van der Waals surface area contributed by atoms with Gasteiger partial charge in [0.25, 0.3) is 5.91 Å².